The average Bonchev–Trinajstić information content (AvgIpc) is 3.38. The normalized spacial score (nSPS) is 14.2. The molecular formula is C30H38N6O4S. The Balaban J connectivity index is 1.70. The molecule has 0 radical (unpaired) electrons. The smallest absolute Gasteiger partial charge is 0.260 e. The van der Waals surface area contributed by atoms with Crippen molar-refractivity contribution < 1.29 is 19.1 Å². The molecule has 10 nitrogen and oxygen atoms in total. The topological polar surface area (TPSA) is 111 Å². The Kier molecular flexibility index (Phi) is 10.3. The van der Waals surface area contributed by atoms with E-state index in [0.717, 1.165) is 24.2 Å². The molecule has 2 amide bonds. The Bertz CT molecular complexity index is 1390. The van der Waals surface area contributed by atoms with Crippen molar-refractivity contribution in [3.8, 4) is 11.5 Å². The van der Waals surface area contributed by atoms with Gasteiger partial charge in [-0.1, -0.05) is 49.4 Å². The van der Waals surface area contributed by atoms with Crippen LogP contribution in [0, 0.1) is 0 Å². The number of ether oxygens (including phenoxy) is 2. The van der Waals surface area contributed by atoms with Gasteiger partial charge in [0.2, 0.25) is 11.1 Å². The third kappa shape index (κ3) is 7.02. The van der Waals surface area contributed by atoms with Crippen LogP contribution in [-0.4, -0.2) is 64.0 Å². The van der Waals surface area contributed by atoms with Crippen molar-refractivity contribution in [1.29, 1.82) is 0 Å². The number of allylic oxidation sites excluding steroid dienone is 1. The van der Waals surface area contributed by atoms with Crippen LogP contribution >= 0.6 is 11.8 Å². The van der Waals surface area contributed by atoms with Crippen molar-refractivity contribution in [3.05, 3.63) is 65.4 Å². The number of hydrogen-bond acceptors (Lipinski definition) is 8. The van der Waals surface area contributed by atoms with Gasteiger partial charge in [0.05, 0.1) is 12.7 Å². The summed E-state index contributed by atoms with van der Waals surface area (Å²) >= 11 is 1.59. The Labute approximate surface area is 245 Å². The number of anilines is 2. The van der Waals surface area contributed by atoms with Crippen LogP contribution in [0.5, 0.6) is 11.5 Å². The molecule has 2 N–H and O–H groups in total. The van der Waals surface area contributed by atoms with Crippen LogP contribution in [0.1, 0.15) is 52.1 Å². The molecule has 2 heterocycles. The number of hydrogen-bond donors (Lipinski definition) is 2. The fraction of sp³-hybridized carbons (Fsp3) is 0.400. The average molecular weight is 579 g/mol. The monoisotopic (exact) mass is 578 g/mol. The molecule has 41 heavy (non-hydrogen) atoms. The Morgan fingerprint density at radius 2 is 1.85 bits per heavy atom. The highest BCUT2D eigenvalue weighted by atomic mass is 32.2. The largest absolute Gasteiger partial charge is 0.493 e. The molecule has 1 atom stereocenters. The van der Waals surface area contributed by atoms with Crippen molar-refractivity contribution in [3.63, 3.8) is 0 Å². The summed E-state index contributed by atoms with van der Waals surface area (Å²) in [6.07, 6.45) is 2.14. The molecule has 1 aliphatic heterocycles. The summed E-state index contributed by atoms with van der Waals surface area (Å²) in [6, 6.07) is 14.2. The van der Waals surface area contributed by atoms with Gasteiger partial charge in [-0.2, -0.15) is 4.98 Å². The second kappa shape index (κ2) is 14.1. The molecule has 0 spiro atoms. The van der Waals surface area contributed by atoms with Crippen molar-refractivity contribution in [2.75, 3.05) is 43.2 Å². The van der Waals surface area contributed by atoms with E-state index >= 15 is 0 Å². The predicted molar refractivity (Wildman–Crippen MR) is 162 cm³/mol. The van der Waals surface area contributed by atoms with E-state index in [0.29, 0.717) is 52.7 Å². The quantitative estimate of drug-likeness (QED) is 0.206. The number of benzene rings is 2. The summed E-state index contributed by atoms with van der Waals surface area (Å²) in [4.78, 5) is 32.7. The fourth-order valence-electron chi connectivity index (χ4n) is 4.60. The molecule has 1 unspecified atom stereocenters. The van der Waals surface area contributed by atoms with Gasteiger partial charge in [-0.25, -0.2) is 4.68 Å². The van der Waals surface area contributed by atoms with Crippen LogP contribution in [0.25, 0.3) is 0 Å². The number of para-hydroxylation sites is 1. The van der Waals surface area contributed by atoms with Crippen LogP contribution in [0.4, 0.5) is 11.6 Å². The minimum Gasteiger partial charge on any atom is -0.493 e. The van der Waals surface area contributed by atoms with Gasteiger partial charge in [0, 0.05) is 30.2 Å². The third-order valence-corrected chi connectivity index (χ3v) is 7.73. The van der Waals surface area contributed by atoms with Gasteiger partial charge in [-0.15, -0.1) is 5.10 Å². The van der Waals surface area contributed by atoms with E-state index in [-0.39, 0.29) is 18.4 Å². The fourth-order valence-corrected chi connectivity index (χ4v) is 5.52. The second-order valence-corrected chi connectivity index (χ2v) is 10.6. The lowest BCUT2D eigenvalue weighted by molar-refractivity contribution is -0.133. The standard InChI is InChI=1S/C30H38N6O4S/c1-6-9-17-41-30-33-29-31-20(4)26(28(38)32-22-13-11-10-12-14-22)27(36(29)34-30)21-15-16-23(24(18-21)39-5)40-19-25(37)35(7-2)8-3/h10-16,18,27H,6-9,17,19H2,1-5H3,(H,32,38)(H,31,33,34). The number of rotatable bonds is 13. The lowest BCUT2D eigenvalue weighted by Gasteiger charge is -2.29. The minimum absolute atomic E-state index is 0.0972. The number of carbonyl (C=O) groups excluding carboxylic acids is 2. The summed E-state index contributed by atoms with van der Waals surface area (Å²) in [6.45, 7) is 9.01. The van der Waals surface area contributed by atoms with Gasteiger partial charge in [-0.05, 0) is 57.0 Å². The van der Waals surface area contributed by atoms with Crippen LogP contribution < -0.4 is 20.1 Å². The number of unbranched alkanes of at least 4 members (excludes halogenated alkanes) is 1. The zero-order chi connectivity index (χ0) is 29.4. The van der Waals surface area contributed by atoms with Crippen molar-refractivity contribution in [1.82, 2.24) is 19.7 Å². The lowest BCUT2D eigenvalue weighted by atomic mass is 9.94. The van der Waals surface area contributed by atoms with Crippen LogP contribution in [-0.2, 0) is 9.59 Å². The second-order valence-electron chi connectivity index (χ2n) is 9.52. The Hall–Kier alpha value is -3.99. The number of methoxy groups -OCH3 is 1. The van der Waals surface area contributed by atoms with Gasteiger partial charge in [0.1, 0.15) is 6.04 Å². The minimum atomic E-state index is -0.580. The summed E-state index contributed by atoms with van der Waals surface area (Å²) < 4.78 is 13.3. The lowest BCUT2D eigenvalue weighted by Crippen LogP contribution is -2.34. The van der Waals surface area contributed by atoms with Gasteiger partial charge < -0.3 is 25.0 Å². The van der Waals surface area contributed by atoms with E-state index in [1.807, 2.05) is 63.2 Å². The van der Waals surface area contributed by atoms with Crippen molar-refractivity contribution >= 4 is 35.2 Å². The number of nitrogens with one attached hydrogen (secondary N) is 2. The number of aromatic nitrogens is 3. The first-order valence-electron chi connectivity index (χ1n) is 13.9. The molecule has 0 saturated carbocycles. The maximum Gasteiger partial charge on any atom is 0.260 e. The highest BCUT2D eigenvalue weighted by Gasteiger charge is 2.35. The highest BCUT2D eigenvalue weighted by Crippen LogP contribution is 2.40. The van der Waals surface area contributed by atoms with E-state index in [2.05, 4.69) is 17.6 Å². The first kappa shape index (κ1) is 30.0. The van der Waals surface area contributed by atoms with Gasteiger partial charge >= 0.3 is 0 Å². The number of nitrogens with zero attached hydrogens (tertiary/aromatic N) is 4. The van der Waals surface area contributed by atoms with E-state index in [1.165, 1.54) is 0 Å². The molecule has 1 aromatic heterocycles. The predicted octanol–water partition coefficient (Wildman–Crippen LogP) is 5.35. The number of thioether (sulfide) groups is 1. The number of fused-ring (bicyclic) bond motifs is 1. The maximum absolute atomic E-state index is 13.7. The van der Waals surface area contributed by atoms with E-state index in [9.17, 15) is 9.59 Å². The molecule has 0 saturated heterocycles. The van der Waals surface area contributed by atoms with Crippen LogP contribution in [0.3, 0.4) is 0 Å². The van der Waals surface area contributed by atoms with E-state index < -0.39 is 6.04 Å². The summed E-state index contributed by atoms with van der Waals surface area (Å²) in [5, 5.41) is 11.7. The molecule has 4 rings (SSSR count). The van der Waals surface area contributed by atoms with Crippen LogP contribution in [0.15, 0.2) is 65.0 Å². The first-order valence-corrected chi connectivity index (χ1v) is 14.9. The molecule has 0 aliphatic carbocycles. The molecule has 0 bridgehead atoms. The number of carbonyl (C=O) groups is 2. The molecule has 2 aromatic carbocycles. The Morgan fingerprint density at radius 1 is 1.10 bits per heavy atom. The molecule has 3 aromatic rings. The van der Waals surface area contributed by atoms with Gasteiger partial charge in [-0.3, -0.25) is 9.59 Å². The van der Waals surface area contributed by atoms with Crippen molar-refractivity contribution in [2.45, 2.75) is 51.7 Å². The Morgan fingerprint density at radius 3 is 2.54 bits per heavy atom. The van der Waals surface area contributed by atoms with Gasteiger partial charge in [0.25, 0.3) is 11.8 Å². The zero-order valence-electron chi connectivity index (χ0n) is 24.3. The highest BCUT2D eigenvalue weighted by molar-refractivity contribution is 7.99. The zero-order valence-corrected chi connectivity index (χ0v) is 25.1. The summed E-state index contributed by atoms with van der Waals surface area (Å²) in [7, 11) is 1.55. The molecule has 218 valence electrons. The summed E-state index contributed by atoms with van der Waals surface area (Å²) in [5.41, 5.74) is 2.64. The van der Waals surface area contributed by atoms with Gasteiger partial charge in [0.15, 0.2) is 18.1 Å². The molecule has 1 aliphatic rings. The molecule has 0 fully saturated rings. The molecular weight excluding hydrogens is 540 g/mol. The summed E-state index contributed by atoms with van der Waals surface area (Å²) in [5.74, 6) is 2.01. The van der Waals surface area contributed by atoms with Crippen molar-refractivity contribution in [2.24, 2.45) is 0 Å². The maximum atomic E-state index is 13.7. The van der Waals surface area contributed by atoms with E-state index in [1.54, 1.807) is 34.5 Å². The number of likely N-dealkylation sites (N-methyl/N-ethyl adjacent to an activating group) is 1. The third-order valence-electron chi connectivity index (χ3n) is 6.81. The van der Waals surface area contributed by atoms with E-state index in [4.69, 9.17) is 19.6 Å². The number of amides is 2. The van der Waals surface area contributed by atoms with Crippen LogP contribution in [0.2, 0.25) is 0 Å². The first-order chi connectivity index (χ1) is 19.9. The SMILES string of the molecule is CCCCSc1nc2n(n1)C(c1ccc(OCC(=O)N(CC)CC)c(OC)c1)C(C(=O)Nc1ccccc1)=C(C)N2. The molecule has 11 heteroatoms.